The zero-order valence-corrected chi connectivity index (χ0v) is 12.0. The predicted molar refractivity (Wildman–Crippen MR) is 75.7 cm³/mol. The molecule has 0 aromatic heterocycles. The fraction of sp³-hybridized carbons (Fsp3) is 0.625. The first-order chi connectivity index (χ1) is 8.56. The molecule has 0 spiro atoms. The van der Waals surface area contributed by atoms with Crippen molar-refractivity contribution < 1.29 is 9.84 Å². The first kappa shape index (κ1) is 15.2. The van der Waals surface area contributed by atoms with Gasteiger partial charge in [-0.2, -0.15) is 0 Å². The molecule has 0 radical (unpaired) electrons. The summed E-state index contributed by atoms with van der Waals surface area (Å²) in [6, 6.07) is 10.3. The molecule has 0 aliphatic carbocycles. The molecule has 2 nitrogen and oxygen atoms in total. The van der Waals surface area contributed by atoms with Gasteiger partial charge < -0.3 is 9.84 Å². The summed E-state index contributed by atoms with van der Waals surface area (Å²) >= 11 is 0. The quantitative estimate of drug-likeness (QED) is 0.801. The van der Waals surface area contributed by atoms with E-state index >= 15 is 0 Å². The van der Waals surface area contributed by atoms with E-state index in [0.717, 1.165) is 6.42 Å². The second-order valence-corrected chi connectivity index (χ2v) is 5.27. The van der Waals surface area contributed by atoms with Crippen LogP contribution in [0.5, 0.6) is 0 Å². The van der Waals surface area contributed by atoms with Gasteiger partial charge >= 0.3 is 0 Å². The van der Waals surface area contributed by atoms with E-state index in [0.29, 0.717) is 12.5 Å². The normalized spacial score (nSPS) is 16.6. The molecule has 0 amide bonds. The third-order valence-electron chi connectivity index (χ3n) is 3.46. The monoisotopic (exact) mass is 250 g/mol. The second-order valence-electron chi connectivity index (χ2n) is 5.27. The van der Waals surface area contributed by atoms with E-state index in [4.69, 9.17) is 4.74 Å². The molecule has 0 bridgehead atoms. The summed E-state index contributed by atoms with van der Waals surface area (Å²) in [4.78, 5) is 0. The van der Waals surface area contributed by atoms with Crippen LogP contribution in [0, 0.1) is 5.92 Å². The minimum absolute atomic E-state index is 0.148. The molecule has 102 valence electrons. The molecule has 0 aliphatic rings. The Balaban J connectivity index is 2.78. The minimum atomic E-state index is -0.440. The Morgan fingerprint density at radius 2 is 1.72 bits per heavy atom. The van der Waals surface area contributed by atoms with E-state index in [1.54, 1.807) is 0 Å². The molecule has 1 N–H and O–H groups in total. The number of aliphatic hydroxyl groups is 1. The number of benzene rings is 1. The van der Waals surface area contributed by atoms with Crippen LogP contribution in [-0.2, 0) is 4.74 Å². The Bertz CT molecular complexity index is 321. The number of aliphatic hydroxyl groups excluding tert-OH is 1. The molecule has 1 aromatic rings. The molecular formula is C16H26O2. The van der Waals surface area contributed by atoms with Gasteiger partial charge in [-0.05, 0) is 25.3 Å². The lowest BCUT2D eigenvalue weighted by Gasteiger charge is -2.29. The third-order valence-corrected chi connectivity index (χ3v) is 3.46. The Morgan fingerprint density at radius 1 is 1.11 bits per heavy atom. The van der Waals surface area contributed by atoms with Gasteiger partial charge in [0.1, 0.15) is 0 Å². The second kappa shape index (κ2) is 7.55. The zero-order chi connectivity index (χ0) is 13.5. The van der Waals surface area contributed by atoms with E-state index in [1.807, 2.05) is 32.0 Å². The number of ether oxygens (including phenoxy) is 1. The summed E-state index contributed by atoms with van der Waals surface area (Å²) in [5, 5.41) is 10.4. The number of rotatable bonds is 7. The largest absolute Gasteiger partial charge is 0.390 e. The molecule has 1 aromatic carbocycles. The van der Waals surface area contributed by atoms with Crippen molar-refractivity contribution in [3.63, 3.8) is 0 Å². The highest BCUT2D eigenvalue weighted by atomic mass is 16.5. The van der Waals surface area contributed by atoms with Crippen molar-refractivity contribution in [1.29, 1.82) is 0 Å². The highest BCUT2D eigenvalue weighted by Crippen LogP contribution is 2.30. The van der Waals surface area contributed by atoms with Crippen LogP contribution < -0.4 is 0 Å². The van der Waals surface area contributed by atoms with Gasteiger partial charge in [0.25, 0.3) is 0 Å². The van der Waals surface area contributed by atoms with Crippen LogP contribution in [0.4, 0.5) is 0 Å². The number of hydrogen-bond donors (Lipinski definition) is 1. The summed E-state index contributed by atoms with van der Waals surface area (Å²) < 4.78 is 5.55. The summed E-state index contributed by atoms with van der Waals surface area (Å²) in [7, 11) is 0. The van der Waals surface area contributed by atoms with Crippen molar-refractivity contribution in [2.24, 2.45) is 5.92 Å². The van der Waals surface area contributed by atoms with Gasteiger partial charge in [0.15, 0.2) is 0 Å². The van der Waals surface area contributed by atoms with Gasteiger partial charge in [0.05, 0.1) is 18.8 Å². The van der Waals surface area contributed by atoms with Crippen LogP contribution in [-0.4, -0.2) is 23.9 Å². The van der Waals surface area contributed by atoms with Gasteiger partial charge in [-0.1, -0.05) is 50.6 Å². The van der Waals surface area contributed by atoms with Gasteiger partial charge in [-0.3, -0.25) is 0 Å². The molecule has 1 rings (SSSR count). The Morgan fingerprint density at radius 3 is 2.22 bits per heavy atom. The third kappa shape index (κ3) is 4.43. The molecule has 0 heterocycles. The maximum Gasteiger partial charge on any atom is 0.0844 e. The van der Waals surface area contributed by atoms with Crippen LogP contribution in [0.15, 0.2) is 30.3 Å². The summed E-state index contributed by atoms with van der Waals surface area (Å²) in [6.07, 6.45) is 0.774. The maximum atomic E-state index is 10.4. The van der Waals surface area contributed by atoms with Crippen molar-refractivity contribution in [2.45, 2.75) is 52.2 Å². The molecule has 3 unspecified atom stereocenters. The lowest BCUT2D eigenvalue weighted by Crippen LogP contribution is -2.29. The van der Waals surface area contributed by atoms with Crippen molar-refractivity contribution >= 4 is 0 Å². The lowest BCUT2D eigenvalue weighted by atomic mass is 9.82. The highest BCUT2D eigenvalue weighted by molar-refractivity contribution is 5.21. The number of hydrogen-bond acceptors (Lipinski definition) is 2. The molecule has 0 saturated heterocycles. The summed E-state index contributed by atoms with van der Waals surface area (Å²) in [5.41, 5.74) is 1.20. The van der Waals surface area contributed by atoms with Crippen molar-refractivity contribution in [1.82, 2.24) is 0 Å². The van der Waals surface area contributed by atoms with Gasteiger partial charge in [-0.25, -0.2) is 0 Å². The molecule has 18 heavy (non-hydrogen) atoms. The smallest absolute Gasteiger partial charge is 0.0844 e. The SMILES string of the molecule is CCC(C)C(c1ccccc1)C(O)COC(C)C. The van der Waals surface area contributed by atoms with Crippen LogP contribution in [0.1, 0.15) is 45.6 Å². The Hall–Kier alpha value is -0.860. The van der Waals surface area contributed by atoms with Crippen LogP contribution >= 0.6 is 0 Å². The van der Waals surface area contributed by atoms with Crippen molar-refractivity contribution in [2.75, 3.05) is 6.61 Å². The van der Waals surface area contributed by atoms with Gasteiger partial charge in [0, 0.05) is 5.92 Å². The molecule has 2 heteroatoms. The van der Waals surface area contributed by atoms with E-state index in [9.17, 15) is 5.11 Å². The molecular weight excluding hydrogens is 224 g/mol. The van der Waals surface area contributed by atoms with Crippen LogP contribution in [0.25, 0.3) is 0 Å². The van der Waals surface area contributed by atoms with E-state index < -0.39 is 6.10 Å². The lowest BCUT2D eigenvalue weighted by molar-refractivity contribution is -0.0133. The Labute approximate surface area is 111 Å². The summed E-state index contributed by atoms with van der Waals surface area (Å²) in [5.74, 6) is 0.591. The molecule has 0 fully saturated rings. The van der Waals surface area contributed by atoms with E-state index in [1.165, 1.54) is 5.56 Å². The molecule has 0 saturated carbocycles. The topological polar surface area (TPSA) is 29.5 Å². The fourth-order valence-corrected chi connectivity index (χ4v) is 2.25. The van der Waals surface area contributed by atoms with E-state index in [-0.39, 0.29) is 12.0 Å². The van der Waals surface area contributed by atoms with Gasteiger partial charge in [0.2, 0.25) is 0 Å². The average molecular weight is 250 g/mol. The van der Waals surface area contributed by atoms with Crippen molar-refractivity contribution in [3.8, 4) is 0 Å². The average Bonchev–Trinajstić information content (AvgIpc) is 2.37. The summed E-state index contributed by atoms with van der Waals surface area (Å²) in [6.45, 7) is 8.75. The first-order valence-electron chi connectivity index (χ1n) is 6.90. The molecule has 3 atom stereocenters. The maximum absolute atomic E-state index is 10.4. The molecule has 0 aliphatic heterocycles. The van der Waals surface area contributed by atoms with Gasteiger partial charge in [-0.15, -0.1) is 0 Å². The predicted octanol–water partition coefficient (Wildman–Crippen LogP) is 3.60. The van der Waals surface area contributed by atoms with Crippen molar-refractivity contribution in [3.05, 3.63) is 35.9 Å². The van der Waals surface area contributed by atoms with E-state index in [2.05, 4.69) is 26.0 Å². The standard InChI is InChI=1S/C16H26O2/c1-5-13(4)16(14-9-7-6-8-10-14)15(17)11-18-12(2)3/h6-10,12-13,15-17H,5,11H2,1-4H3. The Kier molecular flexibility index (Phi) is 6.37. The highest BCUT2D eigenvalue weighted by Gasteiger charge is 2.26. The van der Waals surface area contributed by atoms with Crippen LogP contribution in [0.3, 0.4) is 0 Å². The first-order valence-corrected chi connectivity index (χ1v) is 6.90. The zero-order valence-electron chi connectivity index (χ0n) is 12.0. The van der Waals surface area contributed by atoms with Crippen LogP contribution in [0.2, 0.25) is 0 Å². The fourth-order valence-electron chi connectivity index (χ4n) is 2.25. The minimum Gasteiger partial charge on any atom is -0.390 e.